The molecule has 0 aliphatic carbocycles. The third-order valence-electron chi connectivity index (χ3n) is 2.13. The highest BCUT2D eigenvalue weighted by molar-refractivity contribution is 7.07. The summed E-state index contributed by atoms with van der Waals surface area (Å²) in [6.07, 6.45) is 2.81. The van der Waals surface area contributed by atoms with Crippen LogP contribution in [0.4, 0.5) is 0 Å². The van der Waals surface area contributed by atoms with E-state index in [1.165, 1.54) is 5.56 Å². The number of aryl methyl sites for hydroxylation is 2. The number of nitrogens with one attached hydrogen (secondary N) is 1. The molecule has 0 atom stereocenters. The fraction of sp³-hybridized carbons (Fsp3) is 0.400. The molecule has 0 saturated heterocycles. The minimum atomic E-state index is 0.728. The van der Waals surface area contributed by atoms with Crippen LogP contribution in [0.25, 0.3) is 0 Å². The van der Waals surface area contributed by atoms with E-state index in [1.54, 1.807) is 17.7 Å². The molecule has 0 aliphatic heterocycles. The van der Waals surface area contributed by atoms with Crippen molar-refractivity contribution in [1.29, 1.82) is 0 Å². The quantitative estimate of drug-likeness (QED) is 0.829. The Morgan fingerprint density at radius 2 is 2.47 bits per heavy atom. The zero-order valence-electron chi connectivity index (χ0n) is 8.68. The third-order valence-corrected chi connectivity index (χ3v) is 2.86. The monoisotopic (exact) mass is 222 g/mol. The van der Waals surface area contributed by atoms with E-state index in [4.69, 9.17) is 0 Å². The highest BCUT2D eigenvalue weighted by Gasteiger charge is 1.99. The van der Waals surface area contributed by atoms with E-state index in [0.29, 0.717) is 0 Å². The summed E-state index contributed by atoms with van der Waals surface area (Å²) in [6.45, 7) is 1.62. The Labute approximate surface area is 93.0 Å². The Balaban J connectivity index is 1.88. The Kier molecular flexibility index (Phi) is 3.47. The summed E-state index contributed by atoms with van der Waals surface area (Å²) in [6, 6.07) is 2.15. The lowest BCUT2D eigenvalue weighted by atomic mass is 10.2. The van der Waals surface area contributed by atoms with Gasteiger partial charge in [0.1, 0.15) is 6.33 Å². The van der Waals surface area contributed by atoms with E-state index in [9.17, 15) is 0 Å². The summed E-state index contributed by atoms with van der Waals surface area (Å²) in [5.74, 6) is 0.850. The highest BCUT2D eigenvalue weighted by atomic mass is 32.1. The lowest BCUT2D eigenvalue weighted by Crippen LogP contribution is -2.08. The molecule has 15 heavy (non-hydrogen) atoms. The fourth-order valence-corrected chi connectivity index (χ4v) is 2.06. The summed E-state index contributed by atoms with van der Waals surface area (Å²) in [5.41, 5.74) is 1.37. The first kappa shape index (κ1) is 10.3. The maximum atomic E-state index is 4.35. The first-order chi connectivity index (χ1) is 7.38. The minimum Gasteiger partial charge on any atom is -0.313 e. The van der Waals surface area contributed by atoms with Gasteiger partial charge in [-0.15, -0.1) is 0 Å². The van der Waals surface area contributed by atoms with Gasteiger partial charge in [0, 0.05) is 6.54 Å². The summed E-state index contributed by atoms with van der Waals surface area (Å²) in [7, 11) is 1.89. The molecule has 1 N–H and O–H groups in total. The van der Waals surface area contributed by atoms with Gasteiger partial charge in [0.05, 0.1) is 6.54 Å². The van der Waals surface area contributed by atoms with Crippen LogP contribution in [0.1, 0.15) is 11.4 Å². The average molecular weight is 222 g/mol. The smallest absolute Gasteiger partial charge is 0.164 e. The molecule has 5 heteroatoms. The minimum absolute atomic E-state index is 0.728. The number of aromatic nitrogens is 3. The molecule has 0 amide bonds. The number of hydrogen-bond acceptors (Lipinski definition) is 4. The molecule has 80 valence electrons. The van der Waals surface area contributed by atoms with Crippen LogP contribution >= 0.6 is 11.3 Å². The predicted molar refractivity (Wildman–Crippen MR) is 60.8 cm³/mol. The van der Waals surface area contributed by atoms with Gasteiger partial charge < -0.3 is 5.32 Å². The van der Waals surface area contributed by atoms with Crippen molar-refractivity contribution in [1.82, 2.24) is 20.1 Å². The topological polar surface area (TPSA) is 42.7 Å². The van der Waals surface area contributed by atoms with Crippen LogP contribution in [0.3, 0.4) is 0 Å². The molecule has 2 aromatic rings. The summed E-state index contributed by atoms with van der Waals surface area (Å²) >= 11 is 1.73. The maximum absolute atomic E-state index is 4.35. The average Bonchev–Trinajstić information content (AvgIpc) is 2.85. The van der Waals surface area contributed by atoms with Crippen molar-refractivity contribution >= 4 is 11.3 Å². The van der Waals surface area contributed by atoms with Crippen LogP contribution < -0.4 is 5.32 Å². The van der Waals surface area contributed by atoms with E-state index in [-0.39, 0.29) is 0 Å². The van der Waals surface area contributed by atoms with Crippen LogP contribution in [0.5, 0.6) is 0 Å². The molecule has 4 nitrogen and oxygen atoms in total. The molecular formula is C10H14N4S. The van der Waals surface area contributed by atoms with Crippen LogP contribution in [0.15, 0.2) is 23.2 Å². The van der Waals surface area contributed by atoms with E-state index in [1.807, 2.05) is 11.7 Å². The van der Waals surface area contributed by atoms with Gasteiger partial charge in [-0.05, 0) is 35.9 Å². The molecule has 0 radical (unpaired) electrons. The number of thiophene rings is 1. The summed E-state index contributed by atoms with van der Waals surface area (Å²) in [4.78, 5) is 4.20. The van der Waals surface area contributed by atoms with Gasteiger partial charge in [0.25, 0.3) is 0 Å². The second kappa shape index (κ2) is 5.04. The molecular weight excluding hydrogens is 208 g/mol. The standard InChI is InChI=1S/C10H14N4S/c1-11-6-10-12-8-14(13-10)4-2-9-3-5-15-7-9/h3,5,7-8,11H,2,4,6H2,1H3. The molecule has 2 aromatic heterocycles. The molecule has 0 spiro atoms. The van der Waals surface area contributed by atoms with Crippen molar-refractivity contribution in [2.45, 2.75) is 19.5 Å². The lowest BCUT2D eigenvalue weighted by molar-refractivity contribution is 0.600. The van der Waals surface area contributed by atoms with Crippen molar-refractivity contribution in [2.24, 2.45) is 0 Å². The summed E-state index contributed by atoms with van der Waals surface area (Å²) in [5, 5.41) is 11.6. The van der Waals surface area contributed by atoms with Crippen molar-refractivity contribution in [3.8, 4) is 0 Å². The molecule has 2 heterocycles. The SMILES string of the molecule is CNCc1ncn(CCc2ccsc2)n1. The van der Waals surface area contributed by atoms with Crippen molar-refractivity contribution in [3.05, 3.63) is 34.5 Å². The summed E-state index contributed by atoms with van der Waals surface area (Å²) < 4.78 is 1.89. The predicted octanol–water partition coefficient (Wildman–Crippen LogP) is 1.30. The van der Waals surface area contributed by atoms with Gasteiger partial charge >= 0.3 is 0 Å². The van der Waals surface area contributed by atoms with E-state index < -0.39 is 0 Å². The Morgan fingerprint density at radius 1 is 1.53 bits per heavy atom. The van der Waals surface area contributed by atoms with Crippen molar-refractivity contribution in [3.63, 3.8) is 0 Å². The number of nitrogens with zero attached hydrogens (tertiary/aromatic N) is 3. The molecule has 0 saturated carbocycles. The fourth-order valence-electron chi connectivity index (χ4n) is 1.36. The van der Waals surface area contributed by atoms with Gasteiger partial charge in [0.15, 0.2) is 5.82 Å². The molecule has 0 fully saturated rings. The first-order valence-corrected chi connectivity index (χ1v) is 5.87. The highest BCUT2D eigenvalue weighted by Crippen LogP contribution is 2.07. The molecule has 0 bridgehead atoms. The van der Waals surface area contributed by atoms with Crippen molar-refractivity contribution in [2.75, 3.05) is 7.05 Å². The number of hydrogen-bond donors (Lipinski definition) is 1. The van der Waals surface area contributed by atoms with Gasteiger partial charge in [-0.2, -0.15) is 16.4 Å². The maximum Gasteiger partial charge on any atom is 0.164 e. The first-order valence-electron chi connectivity index (χ1n) is 4.92. The largest absolute Gasteiger partial charge is 0.313 e. The molecule has 2 rings (SSSR count). The van der Waals surface area contributed by atoms with E-state index in [0.717, 1.165) is 25.3 Å². The zero-order chi connectivity index (χ0) is 10.5. The third kappa shape index (κ3) is 2.87. The van der Waals surface area contributed by atoms with Crippen LogP contribution in [-0.2, 0) is 19.5 Å². The Bertz CT molecular complexity index is 393. The molecule has 0 aromatic carbocycles. The van der Waals surface area contributed by atoms with Crippen LogP contribution in [0.2, 0.25) is 0 Å². The van der Waals surface area contributed by atoms with Gasteiger partial charge in [0.2, 0.25) is 0 Å². The molecule has 0 aliphatic rings. The Hall–Kier alpha value is -1.20. The van der Waals surface area contributed by atoms with Gasteiger partial charge in [-0.1, -0.05) is 0 Å². The lowest BCUT2D eigenvalue weighted by Gasteiger charge is -1.98. The second-order valence-electron chi connectivity index (χ2n) is 3.34. The Morgan fingerprint density at radius 3 is 3.20 bits per heavy atom. The van der Waals surface area contributed by atoms with Crippen LogP contribution in [0, 0.1) is 0 Å². The zero-order valence-corrected chi connectivity index (χ0v) is 9.50. The van der Waals surface area contributed by atoms with Crippen LogP contribution in [-0.4, -0.2) is 21.8 Å². The number of rotatable bonds is 5. The van der Waals surface area contributed by atoms with E-state index in [2.05, 4.69) is 32.2 Å². The second-order valence-corrected chi connectivity index (χ2v) is 4.12. The normalized spacial score (nSPS) is 10.7. The molecule has 0 unspecified atom stereocenters. The van der Waals surface area contributed by atoms with E-state index >= 15 is 0 Å². The van der Waals surface area contributed by atoms with Gasteiger partial charge in [-0.25, -0.2) is 4.98 Å². The van der Waals surface area contributed by atoms with Crippen molar-refractivity contribution < 1.29 is 0 Å². The van der Waals surface area contributed by atoms with Gasteiger partial charge in [-0.3, -0.25) is 4.68 Å².